The highest BCUT2D eigenvalue weighted by Crippen LogP contribution is 2.17. The van der Waals surface area contributed by atoms with Crippen LogP contribution in [0.4, 0.5) is 0 Å². The van der Waals surface area contributed by atoms with Crippen molar-refractivity contribution in [1.82, 2.24) is 0 Å². The van der Waals surface area contributed by atoms with E-state index < -0.39 is 0 Å². The average Bonchev–Trinajstić information content (AvgIpc) is 2.38. The number of nitrogen functional groups attached to an aromatic ring is 1. The van der Waals surface area contributed by atoms with E-state index in [0.717, 1.165) is 5.75 Å². The summed E-state index contributed by atoms with van der Waals surface area (Å²) in [5, 5.41) is 7.41. The van der Waals surface area contributed by atoms with Crippen LogP contribution >= 0.6 is 0 Å². The molecule has 0 aromatic heterocycles. The standard InChI is InChI=1S/C16H18N2O/c1-11-6-7-14(12(2)8-11)10-19-15-5-3-4-13(9-15)16(17)18/h3-9H,10H2,1-2H3,(H3,17,18). The van der Waals surface area contributed by atoms with Gasteiger partial charge in [0.1, 0.15) is 18.2 Å². The van der Waals surface area contributed by atoms with E-state index in [-0.39, 0.29) is 5.84 Å². The quantitative estimate of drug-likeness (QED) is 0.650. The SMILES string of the molecule is Cc1ccc(COc2cccc(C(=N)N)c2)c(C)c1. The Kier molecular flexibility index (Phi) is 3.85. The zero-order valence-corrected chi connectivity index (χ0v) is 11.2. The van der Waals surface area contributed by atoms with Gasteiger partial charge < -0.3 is 10.5 Å². The molecule has 0 aliphatic carbocycles. The molecule has 3 nitrogen and oxygen atoms in total. The highest BCUT2D eigenvalue weighted by Gasteiger charge is 2.02. The molecule has 0 radical (unpaired) electrons. The second kappa shape index (κ2) is 5.57. The summed E-state index contributed by atoms with van der Waals surface area (Å²) in [4.78, 5) is 0. The summed E-state index contributed by atoms with van der Waals surface area (Å²) in [5.41, 5.74) is 9.78. The summed E-state index contributed by atoms with van der Waals surface area (Å²) in [7, 11) is 0. The molecule has 0 saturated carbocycles. The Labute approximate surface area is 113 Å². The van der Waals surface area contributed by atoms with Crippen LogP contribution in [0.25, 0.3) is 0 Å². The lowest BCUT2D eigenvalue weighted by Gasteiger charge is -2.10. The zero-order valence-electron chi connectivity index (χ0n) is 11.2. The van der Waals surface area contributed by atoms with Crippen LogP contribution in [0.3, 0.4) is 0 Å². The maximum atomic E-state index is 7.41. The molecule has 0 amide bonds. The molecule has 0 fully saturated rings. The predicted octanol–water partition coefficient (Wildman–Crippen LogP) is 3.17. The van der Waals surface area contributed by atoms with Gasteiger partial charge in [-0.2, -0.15) is 0 Å². The number of benzene rings is 2. The number of nitrogens with one attached hydrogen (secondary N) is 1. The van der Waals surface area contributed by atoms with E-state index >= 15 is 0 Å². The van der Waals surface area contributed by atoms with E-state index in [0.29, 0.717) is 12.2 Å². The van der Waals surface area contributed by atoms with Crippen LogP contribution in [0.15, 0.2) is 42.5 Å². The molecule has 0 unspecified atom stereocenters. The normalized spacial score (nSPS) is 10.2. The highest BCUT2D eigenvalue weighted by molar-refractivity contribution is 5.95. The van der Waals surface area contributed by atoms with Crippen LogP contribution in [0.2, 0.25) is 0 Å². The lowest BCUT2D eigenvalue weighted by molar-refractivity contribution is 0.305. The molecule has 0 heterocycles. The van der Waals surface area contributed by atoms with Crippen molar-refractivity contribution in [3.63, 3.8) is 0 Å². The molecule has 0 bridgehead atoms. The van der Waals surface area contributed by atoms with Gasteiger partial charge in [-0.25, -0.2) is 0 Å². The van der Waals surface area contributed by atoms with Gasteiger partial charge in [0.15, 0.2) is 0 Å². The van der Waals surface area contributed by atoms with E-state index in [2.05, 4.69) is 32.0 Å². The lowest BCUT2D eigenvalue weighted by Crippen LogP contribution is -2.10. The first-order valence-electron chi connectivity index (χ1n) is 6.19. The first-order valence-corrected chi connectivity index (χ1v) is 6.19. The topological polar surface area (TPSA) is 59.1 Å². The summed E-state index contributed by atoms with van der Waals surface area (Å²) in [5.74, 6) is 0.782. The number of rotatable bonds is 4. The molecule has 0 saturated heterocycles. The van der Waals surface area contributed by atoms with Crippen molar-refractivity contribution in [1.29, 1.82) is 5.41 Å². The number of ether oxygens (including phenoxy) is 1. The van der Waals surface area contributed by atoms with Crippen molar-refractivity contribution >= 4 is 5.84 Å². The van der Waals surface area contributed by atoms with Gasteiger partial charge in [0.05, 0.1) is 0 Å². The van der Waals surface area contributed by atoms with Crippen molar-refractivity contribution in [3.8, 4) is 5.75 Å². The van der Waals surface area contributed by atoms with Crippen LogP contribution in [0.5, 0.6) is 5.75 Å². The molecule has 2 rings (SSSR count). The van der Waals surface area contributed by atoms with Gasteiger partial charge >= 0.3 is 0 Å². The van der Waals surface area contributed by atoms with Crippen molar-refractivity contribution < 1.29 is 4.74 Å². The molecule has 0 aliphatic heterocycles. The Bertz CT molecular complexity index is 605. The highest BCUT2D eigenvalue weighted by atomic mass is 16.5. The molecule has 3 heteroatoms. The minimum Gasteiger partial charge on any atom is -0.489 e. The number of aryl methyl sites for hydroxylation is 2. The van der Waals surface area contributed by atoms with Crippen LogP contribution in [0, 0.1) is 19.3 Å². The minimum atomic E-state index is 0.0527. The summed E-state index contributed by atoms with van der Waals surface area (Å²) in [6, 6.07) is 13.6. The second-order valence-corrected chi connectivity index (χ2v) is 4.66. The first kappa shape index (κ1) is 13.1. The number of amidine groups is 1. The fourth-order valence-corrected chi connectivity index (χ4v) is 1.92. The Morgan fingerprint density at radius 2 is 1.95 bits per heavy atom. The van der Waals surface area contributed by atoms with E-state index in [9.17, 15) is 0 Å². The Hall–Kier alpha value is -2.29. The van der Waals surface area contributed by atoms with Gasteiger partial charge in [-0.1, -0.05) is 35.9 Å². The number of hydrogen-bond donors (Lipinski definition) is 2. The molecule has 2 aromatic rings. The maximum Gasteiger partial charge on any atom is 0.122 e. The summed E-state index contributed by atoms with van der Waals surface area (Å²) in [6.07, 6.45) is 0. The van der Waals surface area contributed by atoms with Gasteiger partial charge in [-0.3, -0.25) is 5.41 Å². The summed E-state index contributed by atoms with van der Waals surface area (Å²) in [6.45, 7) is 4.68. The van der Waals surface area contributed by atoms with Gasteiger partial charge in [0, 0.05) is 5.56 Å². The predicted molar refractivity (Wildman–Crippen MR) is 77.7 cm³/mol. The van der Waals surface area contributed by atoms with Gasteiger partial charge in [-0.05, 0) is 37.1 Å². The Morgan fingerprint density at radius 3 is 2.63 bits per heavy atom. The van der Waals surface area contributed by atoms with Crippen LogP contribution in [0.1, 0.15) is 22.3 Å². The van der Waals surface area contributed by atoms with Gasteiger partial charge in [-0.15, -0.1) is 0 Å². The molecule has 3 N–H and O–H groups in total. The van der Waals surface area contributed by atoms with Crippen molar-refractivity contribution in [2.24, 2.45) is 5.73 Å². The fraction of sp³-hybridized carbons (Fsp3) is 0.188. The Morgan fingerprint density at radius 1 is 1.16 bits per heavy atom. The van der Waals surface area contributed by atoms with E-state index in [1.54, 1.807) is 12.1 Å². The average molecular weight is 254 g/mol. The van der Waals surface area contributed by atoms with Crippen molar-refractivity contribution in [2.45, 2.75) is 20.5 Å². The second-order valence-electron chi connectivity index (χ2n) is 4.66. The van der Waals surface area contributed by atoms with Crippen molar-refractivity contribution in [2.75, 3.05) is 0 Å². The number of hydrogen-bond acceptors (Lipinski definition) is 2. The minimum absolute atomic E-state index is 0.0527. The maximum absolute atomic E-state index is 7.41. The lowest BCUT2D eigenvalue weighted by atomic mass is 10.1. The summed E-state index contributed by atoms with van der Waals surface area (Å²) < 4.78 is 5.75. The third-order valence-electron chi connectivity index (χ3n) is 3.04. The van der Waals surface area contributed by atoms with E-state index in [1.807, 2.05) is 12.1 Å². The first-order chi connectivity index (χ1) is 9.06. The number of nitrogens with two attached hydrogens (primary N) is 1. The molecule has 0 spiro atoms. The third-order valence-corrected chi connectivity index (χ3v) is 3.04. The molecular weight excluding hydrogens is 236 g/mol. The summed E-state index contributed by atoms with van der Waals surface area (Å²) >= 11 is 0. The molecule has 98 valence electrons. The van der Waals surface area contributed by atoms with E-state index in [1.165, 1.54) is 16.7 Å². The molecule has 0 atom stereocenters. The third kappa shape index (κ3) is 3.35. The van der Waals surface area contributed by atoms with Crippen LogP contribution in [-0.2, 0) is 6.61 Å². The zero-order chi connectivity index (χ0) is 13.8. The largest absolute Gasteiger partial charge is 0.489 e. The van der Waals surface area contributed by atoms with Gasteiger partial charge in [0.2, 0.25) is 0 Å². The molecule has 19 heavy (non-hydrogen) atoms. The van der Waals surface area contributed by atoms with Crippen LogP contribution in [-0.4, -0.2) is 5.84 Å². The van der Waals surface area contributed by atoms with E-state index in [4.69, 9.17) is 15.9 Å². The molecule has 2 aromatic carbocycles. The molecule has 0 aliphatic rings. The monoisotopic (exact) mass is 254 g/mol. The Balaban J connectivity index is 2.10. The fourth-order valence-electron chi connectivity index (χ4n) is 1.92. The smallest absolute Gasteiger partial charge is 0.122 e. The van der Waals surface area contributed by atoms with Crippen molar-refractivity contribution in [3.05, 3.63) is 64.7 Å². The molecular formula is C16H18N2O. The van der Waals surface area contributed by atoms with Crippen LogP contribution < -0.4 is 10.5 Å². The van der Waals surface area contributed by atoms with Gasteiger partial charge in [0.25, 0.3) is 0 Å².